The van der Waals surface area contributed by atoms with Gasteiger partial charge in [0, 0.05) is 35.5 Å². The third kappa shape index (κ3) is 4.27. The van der Waals surface area contributed by atoms with Crippen molar-refractivity contribution < 1.29 is 13.9 Å². The van der Waals surface area contributed by atoms with Gasteiger partial charge in [0.1, 0.15) is 11.6 Å². The lowest BCUT2D eigenvalue weighted by Gasteiger charge is -2.12. The van der Waals surface area contributed by atoms with Gasteiger partial charge in [0.05, 0.1) is 29.7 Å². The van der Waals surface area contributed by atoms with Crippen molar-refractivity contribution in [3.05, 3.63) is 71.8 Å². The maximum Gasteiger partial charge on any atom is 0.251 e. The van der Waals surface area contributed by atoms with Crippen molar-refractivity contribution in [1.29, 1.82) is 0 Å². The Labute approximate surface area is 172 Å². The number of amides is 1. The van der Waals surface area contributed by atoms with Gasteiger partial charge >= 0.3 is 0 Å². The normalized spacial score (nSPS) is 10.9. The third-order valence-corrected chi connectivity index (χ3v) is 4.62. The molecule has 0 saturated carbocycles. The summed E-state index contributed by atoms with van der Waals surface area (Å²) in [5.74, 6) is 0.159. The quantitative estimate of drug-likeness (QED) is 0.491. The third-order valence-electron chi connectivity index (χ3n) is 4.62. The van der Waals surface area contributed by atoms with E-state index >= 15 is 0 Å². The molecule has 0 aliphatic rings. The topological polar surface area (TPSA) is 92.8 Å². The maximum absolute atomic E-state index is 13.3. The predicted molar refractivity (Wildman–Crippen MR) is 111 cm³/mol. The number of ether oxygens (including phenoxy) is 1. The van der Waals surface area contributed by atoms with Crippen LogP contribution < -0.4 is 10.1 Å². The lowest BCUT2D eigenvalue weighted by atomic mass is 10.1. The number of hydrogen-bond acceptors (Lipinski definition) is 5. The zero-order valence-electron chi connectivity index (χ0n) is 16.4. The number of halogens is 1. The highest BCUT2D eigenvalue weighted by Gasteiger charge is 2.12. The molecule has 7 nitrogen and oxygen atoms in total. The molecule has 2 aromatic carbocycles. The summed E-state index contributed by atoms with van der Waals surface area (Å²) in [6.07, 6.45) is 2.23. The van der Waals surface area contributed by atoms with Crippen LogP contribution in [0.3, 0.4) is 0 Å². The Morgan fingerprint density at radius 2 is 2.00 bits per heavy atom. The molecule has 0 aliphatic heterocycles. The summed E-state index contributed by atoms with van der Waals surface area (Å²) in [7, 11) is 0. The van der Waals surface area contributed by atoms with Crippen LogP contribution in [-0.2, 0) is 6.42 Å². The van der Waals surface area contributed by atoms with Gasteiger partial charge in [0.25, 0.3) is 5.91 Å². The second-order valence-corrected chi connectivity index (χ2v) is 6.66. The average molecular weight is 405 g/mol. The van der Waals surface area contributed by atoms with Crippen LogP contribution in [0.5, 0.6) is 5.75 Å². The molecule has 2 heterocycles. The molecule has 0 aliphatic carbocycles. The highest BCUT2D eigenvalue weighted by Crippen LogP contribution is 2.31. The number of pyridine rings is 1. The number of nitrogens with one attached hydrogen (secondary N) is 2. The van der Waals surface area contributed by atoms with Crippen LogP contribution in [0.2, 0.25) is 0 Å². The first kappa shape index (κ1) is 19.5. The monoisotopic (exact) mass is 405 g/mol. The molecule has 4 aromatic rings. The number of carbonyl (C=O) groups excluding carboxylic acids is 1. The molecule has 2 aromatic heterocycles. The zero-order chi connectivity index (χ0) is 20.9. The van der Waals surface area contributed by atoms with Crippen molar-refractivity contribution >= 4 is 16.8 Å². The molecule has 8 heteroatoms. The van der Waals surface area contributed by atoms with Crippen LogP contribution in [0.25, 0.3) is 22.2 Å². The molecule has 0 saturated heterocycles. The Bertz CT molecular complexity index is 1160. The minimum absolute atomic E-state index is 0.198. The number of nitrogens with zero attached hydrogens (tertiary/aromatic N) is 3. The van der Waals surface area contributed by atoms with E-state index in [1.807, 2.05) is 19.1 Å². The van der Waals surface area contributed by atoms with Crippen LogP contribution >= 0.6 is 0 Å². The first-order valence-corrected chi connectivity index (χ1v) is 9.60. The molecule has 30 heavy (non-hydrogen) atoms. The summed E-state index contributed by atoms with van der Waals surface area (Å²) >= 11 is 0. The number of benzene rings is 2. The SMILES string of the molecule is CCOc1cc(-c2ccc(F)cc2)nc2cc(C(=O)NCCc3cnn[nH]3)ccc12. The van der Waals surface area contributed by atoms with Crippen LogP contribution in [0.15, 0.2) is 54.7 Å². The molecule has 0 radical (unpaired) electrons. The number of fused-ring (bicyclic) bond motifs is 1. The van der Waals surface area contributed by atoms with Gasteiger partial charge in [-0.2, -0.15) is 0 Å². The van der Waals surface area contributed by atoms with E-state index in [2.05, 4.69) is 25.7 Å². The molecular weight excluding hydrogens is 385 g/mol. The van der Waals surface area contributed by atoms with Crippen molar-refractivity contribution in [3.63, 3.8) is 0 Å². The van der Waals surface area contributed by atoms with E-state index < -0.39 is 0 Å². The maximum atomic E-state index is 13.3. The van der Waals surface area contributed by atoms with Gasteiger partial charge in [-0.15, -0.1) is 5.10 Å². The van der Waals surface area contributed by atoms with Crippen molar-refractivity contribution in [1.82, 2.24) is 25.7 Å². The minimum atomic E-state index is -0.311. The largest absolute Gasteiger partial charge is 0.493 e. The van der Waals surface area contributed by atoms with Gasteiger partial charge in [-0.3, -0.25) is 9.89 Å². The molecule has 0 spiro atoms. The Balaban J connectivity index is 1.62. The fourth-order valence-corrected chi connectivity index (χ4v) is 3.13. The van der Waals surface area contributed by atoms with E-state index in [1.54, 1.807) is 30.5 Å². The highest BCUT2D eigenvalue weighted by atomic mass is 19.1. The first-order chi connectivity index (χ1) is 14.6. The first-order valence-electron chi connectivity index (χ1n) is 9.60. The smallest absolute Gasteiger partial charge is 0.251 e. The van der Waals surface area contributed by atoms with Gasteiger partial charge in [0.2, 0.25) is 0 Å². The molecule has 0 unspecified atom stereocenters. The molecule has 152 valence electrons. The predicted octanol–water partition coefficient (Wildman–Crippen LogP) is 3.53. The zero-order valence-corrected chi connectivity index (χ0v) is 16.4. The summed E-state index contributed by atoms with van der Waals surface area (Å²) in [5, 5.41) is 13.8. The fourth-order valence-electron chi connectivity index (χ4n) is 3.13. The standard InChI is InChI=1S/C22H20FN5O2/c1-2-30-21-12-19(14-3-6-16(23)7-4-14)26-20-11-15(5-8-18(20)21)22(29)24-10-9-17-13-25-28-27-17/h3-8,11-13H,2,9-10H2,1H3,(H,24,29)(H,25,27,28). The lowest BCUT2D eigenvalue weighted by molar-refractivity contribution is 0.0954. The van der Waals surface area contributed by atoms with Crippen LogP contribution in [-0.4, -0.2) is 39.5 Å². The van der Waals surface area contributed by atoms with Gasteiger partial charge < -0.3 is 10.1 Å². The van der Waals surface area contributed by atoms with Gasteiger partial charge in [-0.05, 0) is 49.4 Å². The Morgan fingerprint density at radius 1 is 1.17 bits per heavy atom. The summed E-state index contributed by atoms with van der Waals surface area (Å²) < 4.78 is 19.1. The molecule has 2 N–H and O–H groups in total. The number of aromatic nitrogens is 4. The van der Waals surface area contributed by atoms with E-state index in [1.165, 1.54) is 12.1 Å². The number of hydrogen-bond donors (Lipinski definition) is 2. The van der Waals surface area contributed by atoms with Crippen LogP contribution in [0.1, 0.15) is 23.0 Å². The van der Waals surface area contributed by atoms with E-state index in [-0.39, 0.29) is 11.7 Å². The summed E-state index contributed by atoms with van der Waals surface area (Å²) in [6, 6.07) is 13.3. The summed E-state index contributed by atoms with van der Waals surface area (Å²) in [6.45, 7) is 2.85. The average Bonchev–Trinajstić information content (AvgIpc) is 3.27. The number of carbonyl (C=O) groups is 1. The molecule has 4 rings (SSSR count). The van der Waals surface area contributed by atoms with Gasteiger partial charge in [-0.1, -0.05) is 5.21 Å². The number of aromatic amines is 1. The Morgan fingerprint density at radius 3 is 2.73 bits per heavy atom. The summed E-state index contributed by atoms with van der Waals surface area (Å²) in [5.41, 5.74) is 3.39. The molecule has 0 fully saturated rings. The highest BCUT2D eigenvalue weighted by molar-refractivity contribution is 5.99. The second kappa shape index (κ2) is 8.69. The van der Waals surface area contributed by atoms with E-state index in [0.717, 1.165) is 16.6 Å². The van der Waals surface area contributed by atoms with E-state index in [0.29, 0.717) is 42.1 Å². The minimum Gasteiger partial charge on any atom is -0.493 e. The number of H-pyrrole nitrogens is 1. The fraction of sp³-hybridized carbons (Fsp3) is 0.182. The Kier molecular flexibility index (Phi) is 5.65. The molecule has 0 atom stereocenters. The van der Waals surface area contributed by atoms with Gasteiger partial charge in [0.15, 0.2) is 0 Å². The molecule has 1 amide bonds. The van der Waals surface area contributed by atoms with Gasteiger partial charge in [-0.25, -0.2) is 9.37 Å². The summed E-state index contributed by atoms with van der Waals surface area (Å²) in [4.78, 5) is 17.2. The Hall–Kier alpha value is -3.81. The van der Waals surface area contributed by atoms with E-state index in [4.69, 9.17) is 4.74 Å². The van der Waals surface area contributed by atoms with Crippen molar-refractivity contribution in [3.8, 4) is 17.0 Å². The van der Waals surface area contributed by atoms with Crippen molar-refractivity contribution in [2.45, 2.75) is 13.3 Å². The van der Waals surface area contributed by atoms with Crippen LogP contribution in [0, 0.1) is 5.82 Å². The van der Waals surface area contributed by atoms with Crippen LogP contribution in [0.4, 0.5) is 4.39 Å². The van der Waals surface area contributed by atoms with Crippen molar-refractivity contribution in [2.24, 2.45) is 0 Å². The second-order valence-electron chi connectivity index (χ2n) is 6.66. The van der Waals surface area contributed by atoms with E-state index in [9.17, 15) is 9.18 Å². The number of rotatable bonds is 7. The molecule has 0 bridgehead atoms. The van der Waals surface area contributed by atoms with Crippen molar-refractivity contribution in [2.75, 3.05) is 13.2 Å². The lowest BCUT2D eigenvalue weighted by Crippen LogP contribution is -2.25. The molecular formula is C22H20FN5O2.